The lowest BCUT2D eigenvalue weighted by atomic mass is 10.1. The van der Waals surface area contributed by atoms with Gasteiger partial charge < -0.3 is 20.2 Å². The molecule has 0 saturated carbocycles. The van der Waals surface area contributed by atoms with Crippen molar-refractivity contribution in [2.24, 2.45) is 5.73 Å². The molecule has 0 spiro atoms. The topological polar surface area (TPSA) is 77.3 Å². The summed E-state index contributed by atoms with van der Waals surface area (Å²) in [6.45, 7) is 1.88. The predicted octanol–water partition coefficient (Wildman–Crippen LogP) is 1.61. The molecule has 1 atom stereocenters. The van der Waals surface area contributed by atoms with Crippen LogP contribution in [-0.2, 0) is 16.0 Å². The first-order valence-electron chi connectivity index (χ1n) is 6.15. The first-order valence-corrected chi connectivity index (χ1v) is 6.15. The lowest BCUT2D eigenvalue weighted by molar-refractivity contribution is -0.142. The van der Waals surface area contributed by atoms with Crippen LogP contribution >= 0.6 is 0 Å². The Morgan fingerprint density at radius 1 is 1.47 bits per heavy atom. The number of carbonyl (C=O) groups is 1. The Hall–Kier alpha value is -2.01. The fourth-order valence-corrected chi connectivity index (χ4v) is 1.96. The number of ether oxygens (including phenoxy) is 2. The summed E-state index contributed by atoms with van der Waals surface area (Å²) < 4.78 is 9.91. The van der Waals surface area contributed by atoms with Crippen LogP contribution in [0.15, 0.2) is 24.4 Å². The molecule has 1 aromatic carbocycles. The predicted molar refractivity (Wildman–Crippen MR) is 73.2 cm³/mol. The second-order valence-corrected chi connectivity index (χ2v) is 4.57. The van der Waals surface area contributed by atoms with Gasteiger partial charge in [-0.05, 0) is 37.1 Å². The zero-order valence-electron chi connectivity index (χ0n) is 11.1. The minimum Gasteiger partial charge on any atom is -0.482 e. The Kier molecular flexibility index (Phi) is 4.06. The zero-order chi connectivity index (χ0) is 13.8. The summed E-state index contributed by atoms with van der Waals surface area (Å²) in [5.41, 5.74) is 8.00. The maximum atomic E-state index is 11.0. The molecule has 1 aromatic heterocycles. The Balaban J connectivity index is 2.20. The van der Waals surface area contributed by atoms with E-state index in [-0.39, 0.29) is 12.6 Å². The number of aromatic nitrogens is 1. The third kappa shape index (κ3) is 3.26. The molecule has 2 aromatic rings. The number of aromatic amines is 1. The van der Waals surface area contributed by atoms with Crippen LogP contribution in [0.1, 0.15) is 12.5 Å². The van der Waals surface area contributed by atoms with Crippen molar-refractivity contribution >= 4 is 16.9 Å². The number of H-pyrrole nitrogens is 1. The number of nitrogens with one attached hydrogen (secondary N) is 1. The summed E-state index contributed by atoms with van der Waals surface area (Å²) in [4.78, 5) is 14.2. The molecule has 0 fully saturated rings. The van der Waals surface area contributed by atoms with E-state index in [9.17, 15) is 4.79 Å². The molecule has 102 valence electrons. The maximum absolute atomic E-state index is 11.0. The van der Waals surface area contributed by atoms with E-state index in [0.29, 0.717) is 5.75 Å². The summed E-state index contributed by atoms with van der Waals surface area (Å²) in [6.07, 6.45) is 2.75. The van der Waals surface area contributed by atoms with Crippen LogP contribution in [0.3, 0.4) is 0 Å². The molecule has 0 saturated heterocycles. The number of fused-ring (bicyclic) bond motifs is 1. The van der Waals surface area contributed by atoms with Crippen molar-refractivity contribution in [3.8, 4) is 5.75 Å². The zero-order valence-corrected chi connectivity index (χ0v) is 11.1. The van der Waals surface area contributed by atoms with Crippen molar-refractivity contribution in [1.82, 2.24) is 4.98 Å². The number of hydrogen-bond acceptors (Lipinski definition) is 4. The second kappa shape index (κ2) is 5.75. The van der Waals surface area contributed by atoms with Gasteiger partial charge in [0.25, 0.3) is 0 Å². The maximum Gasteiger partial charge on any atom is 0.343 e. The van der Waals surface area contributed by atoms with Crippen molar-refractivity contribution in [2.45, 2.75) is 19.4 Å². The molecular formula is C14H18N2O3. The van der Waals surface area contributed by atoms with E-state index in [4.69, 9.17) is 10.5 Å². The average Bonchev–Trinajstić information content (AvgIpc) is 2.78. The van der Waals surface area contributed by atoms with Crippen LogP contribution in [0.25, 0.3) is 10.9 Å². The summed E-state index contributed by atoms with van der Waals surface area (Å²) in [5, 5.41) is 1.07. The third-order valence-electron chi connectivity index (χ3n) is 2.87. The van der Waals surface area contributed by atoms with E-state index < -0.39 is 5.97 Å². The number of hydrogen-bond donors (Lipinski definition) is 2. The Labute approximate surface area is 111 Å². The van der Waals surface area contributed by atoms with Crippen molar-refractivity contribution in [1.29, 1.82) is 0 Å². The standard InChI is InChI=1S/C14H18N2O3/c1-9(15)5-10-7-16-13-4-3-11(6-12(10)13)19-8-14(17)18-2/h3-4,6-7,9,16H,5,8,15H2,1-2H3. The fraction of sp³-hybridized carbons (Fsp3) is 0.357. The fourth-order valence-electron chi connectivity index (χ4n) is 1.96. The molecule has 0 aliphatic carbocycles. The van der Waals surface area contributed by atoms with Crippen molar-refractivity contribution in [3.63, 3.8) is 0 Å². The highest BCUT2D eigenvalue weighted by atomic mass is 16.6. The molecular weight excluding hydrogens is 244 g/mol. The molecule has 0 bridgehead atoms. The van der Waals surface area contributed by atoms with Gasteiger partial charge in [0.05, 0.1) is 7.11 Å². The molecule has 0 aliphatic heterocycles. The largest absolute Gasteiger partial charge is 0.482 e. The van der Waals surface area contributed by atoms with Crippen LogP contribution in [0.5, 0.6) is 5.75 Å². The van der Waals surface area contributed by atoms with Crippen LogP contribution in [0.2, 0.25) is 0 Å². The highest BCUT2D eigenvalue weighted by molar-refractivity contribution is 5.84. The van der Waals surface area contributed by atoms with Crippen LogP contribution < -0.4 is 10.5 Å². The van der Waals surface area contributed by atoms with Crippen LogP contribution in [0, 0.1) is 0 Å². The molecule has 5 nitrogen and oxygen atoms in total. The molecule has 0 aliphatic rings. The van der Waals surface area contributed by atoms with Crippen molar-refractivity contribution < 1.29 is 14.3 Å². The van der Waals surface area contributed by atoms with Gasteiger partial charge in [0, 0.05) is 23.1 Å². The summed E-state index contributed by atoms with van der Waals surface area (Å²) in [5.74, 6) is 0.244. The lowest BCUT2D eigenvalue weighted by Gasteiger charge is -2.06. The SMILES string of the molecule is COC(=O)COc1ccc2[nH]cc(CC(C)N)c2c1. The number of rotatable bonds is 5. The smallest absolute Gasteiger partial charge is 0.343 e. The first-order chi connectivity index (χ1) is 9.10. The number of nitrogens with two attached hydrogens (primary N) is 1. The molecule has 0 radical (unpaired) electrons. The van der Waals surface area contributed by atoms with Gasteiger partial charge in [0.1, 0.15) is 5.75 Å². The second-order valence-electron chi connectivity index (χ2n) is 4.57. The van der Waals surface area contributed by atoms with E-state index in [2.05, 4.69) is 9.72 Å². The number of carbonyl (C=O) groups excluding carboxylic acids is 1. The van der Waals surface area contributed by atoms with E-state index in [1.165, 1.54) is 7.11 Å². The van der Waals surface area contributed by atoms with E-state index in [0.717, 1.165) is 22.9 Å². The molecule has 2 rings (SSSR count). The molecule has 1 heterocycles. The molecule has 0 amide bonds. The van der Waals surface area contributed by atoms with Crippen molar-refractivity contribution in [3.05, 3.63) is 30.0 Å². The van der Waals surface area contributed by atoms with Gasteiger partial charge >= 0.3 is 5.97 Å². The summed E-state index contributed by atoms with van der Waals surface area (Å²) in [6, 6.07) is 5.75. The van der Waals surface area contributed by atoms with Gasteiger partial charge in [-0.2, -0.15) is 0 Å². The Morgan fingerprint density at radius 2 is 2.26 bits per heavy atom. The molecule has 5 heteroatoms. The number of benzene rings is 1. The van der Waals surface area contributed by atoms with Crippen LogP contribution in [0.4, 0.5) is 0 Å². The average molecular weight is 262 g/mol. The van der Waals surface area contributed by atoms with Gasteiger partial charge in [-0.15, -0.1) is 0 Å². The highest BCUT2D eigenvalue weighted by Gasteiger charge is 2.08. The first kappa shape index (κ1) is 13.4. The minimum absolute atomic E-state index is 0.0882. The van der Waals surface area contributed by atoms with Gasteiger partial charge in [-0.1, -0.05) is 0 Å². The van der Waals surface area contributed by atoms with Gasteiger partial charge in [0.15, 0.2) is 6.61 Å². The Morgan fingerprint density at radius 3 is 2.95 bits per heavy atom. The third-order valence-corrected chi connectivity index (χ3v) is 2.87. The molecule has 3 N–H and O–H groups in total. The number of esters is 1. The normalized spacial score (nSPS) is 12.4. The molecule has 19 heavy (non-hydrogen) atoms. The van der Waals surface area contributed by atoms with Gasteiger partial charge in [-0.25, -0.2) is 4.79 Å². The summed E-state index contributed by atoms with van der Waals surface area (Å²) >= 11 is 0. The van der Waals surface area contributed by atoms with Gasteiger partial charge in [0.2, 0.25) is 0 Å². The highest BCUT2D eigenvalue weighted by Crippen LogP contribution is 2.24. The summed E-state index contributed by atoms with van der Waals surface area (Å²) in [7, 11) is 1.34. The molecule has 1 unspecified atom stereocenters. The lowest BCUT2D eigenvalue weighted by Crippen LogP contribution is -2.17. The van der Waals surface area contributed by atoms with Crippen LogP contribution in [-0.4, -0.2) is 30.7 Å². The Bertz CT molecular complexity index is 575. The number of methoxy groups -OCH3 is 1. The van der Waals surface area contributed by atoms with E-state index in [1.807, 2.05) is 31.3 Å². The van der Waals surface area contributed by atoms with Gasteiger partial charge in [-0.3, -0.25) is 0 Å². The monoisotopic (exact) mass is 262 g/mol. The quantitative estimate of drug-likeness (QED) is 0.802. The van der Waals surface area contributed by atoms with E-state index >= 15 is 0 Å². The van der Waals surface area contributed by atoms with Crippen molar-refractivity contribution in [2.75, 3.05) is 13.7 Å². The van der Waals surface area contributed by atoms with E-state index in [1.54, 1.807) is 0 Å². The minimum atomic E-state index is -0.398.